The highest BCUT2D eigenvalue weighted by molar-refractivity contribution is 5.81. The number of ether oxygens (including phenoxy) is 1. The first-order chi connectivity index (χ1) is 10.8. The zero-order chi connectivity index (χ0) is 14.9. The Morgan fingerprint density at radius 2 is 2.00 bits per heavy atom. The Bertz CT molecular complexity index is 691. The smallest absolute Gasteiger partial charge is 0.410 e. The molecule has 1 aromatic heterocycles. The predicted molar refractivity (Wildman–Crippen MR) is 83.9 cm³/mol. The Hall–Kier alpha value is -2.14. The fourth-order valence-corrected chi connectivity index (χ4v) is 3.22. The van der Waals surface area contributed by atoms with Gasteiger partial charge in [-0.1, -0.05) is 6.07 Å². The minimum atomic E-state index is -0.259. The molecule has 22 heavy (non-hydrogen) atoms. The van der Waals surface area contributed by atoms with Crippen LogP contribution in [0.1, 0.15) is 12.8 Å². The van der Waals surface area contributed by atoms with E-state index in [1.807, 2.05) is 30.3 Å². The van der Waals surface area contributed by atoms with Gasteiger partial charge in [0.15, 0.2) is 0 Å². The van der Waals surface area contributed by atoms with Gasteiger partial charge in [0.2, 0.25) is 0 Å². The lowest BCUT2D eigenvalue weighted by Crippen LogP contribution is -2.61. The largest absolute Gasteiger partial charge is 0.415 e. The summed E-state index contributed by atoms with van der Waals surface area (Å²) < 4.78 is 5.47. The van der Waals surface area contributed by atoms with Gasteiger partial charge in [-0.25, -0.2) is 4.79 Å². The Labute approximate surface area is 129 Å². The monoisotopic (exact) mass is 297 g/mol. The van der Waals surface area contributed by atoms with E-state index in [9.17, 15) is 4.79 Å². The first-order valence-electron chi connectivity index (χ1n) is 7.85. The maximum atomic E-state index is 12.2. The number of benzene rings is 1. The number of amides is 1. The fourth-order valence-electron chi connectivity index (χ4n) is 3.22. The van der Waals surface area contributed by atoms with E-state index in [4.69, 9.17) is 4.74 Å². The molecule has 0 aliphatic carbocycles. The van der Waals surface area contributed by atoms with Crippen LogP contribution in [0.25, 0.3) is 10.9 Å². The molecule has 4 rings (SSSR count). The van der Waals surface area contributed by atoms with E-state index in [0.29, 0.717) is 11.8 Å². The van der Waals surface area contributed by atoms with Crippen molar-refractivity contribution in [2.24, 2.45) is 0 Å². The van der Waals surface area contributed by atoms with Crippen molar-refractivity contribution < 1.29 is 9.53 Å². The van der Waals surface area contributed by atoms with Gasteiger partial charge in [-0.05, 0) is 44.1 Å². The third-order valence-corrected chi connectivity index (χ3v) is 4.56. The van der Waals surface area contributed by atoms with Crippen LogP contribution < -0.4 is 4.74 Å². The van der Waals surface area contributed by atoms with Gasteiger partial charge in [0.1, 0.15) is 5.75 Å². The zero-order valence-electron chi connectivity index (χ0n) is 12.4. The summed E-state index contributed by atoms with van der Waals surface area (Å²) in [6.07, 6.45) is 4.05. The molecule has 0 unspecified atom stereocenters. The van der Waals surface area contributed by atoms with E-state index < -0.39 is 0 Å². The number of pyridine rings is 1. The molecule has 1 amide bonds. The number of carbonyl (C=O) groups excluding carboxylic acids is 1. The van der Waals surface area contributed by atoms with Crippen molar-refractivity contribution in [3.8, 4) is 5.75 Å². The molecule has 0 radical (unpaired) electrons. The number of hydrogen-bond donors (Lipinski definition) is 0. The van der Waals surface area contributed by atoms with E-state index >= 15 is 0 Å². The summed E-state index contributed by atoms with van der Waals surface area (Å²) in [5.74, 6) is 0.556. The van der Waals surface area contributed by atoms with Crippen molar-refractivity contribution in [2.75, 3.05) is 26.2 Å². The molecular formula is C17H19N3O2. The van der Waals surface area contributed by atoms with Gasteiger partial charge in [-0.15, -0.1) is 0 Å². The number of rotatable bonds is 2. The molecule has 5 nitrogen and oxygen atoms in total. The Morgan fingerprint density at radius 3 is 2.82 bits per heavy atom. The van der Waals surface area contributed by atoms with Gasteiger partial charge >= 0.3 is 6.09 Å². The van der Waals surface area contributed by atoms with Gasteiger partial charge in [0.25, 0.3) is 0 Å². The van der Waals surface area contributed by atoms with Crippen molar-refractivity contribution in [1.82, 2.24) is 14.8 Å². The maximum absolute atomic E-state index is 12.2. The zero-order valence-corrected chi connectivity index (χ0v) is 12.4. The normalized spacial score (nSPS) is 19.4. The van der Waals surface area contributed by atoms with Crippen LogP contribution in [0.4, 0.5) is 4.79 Å². The molecule has 5 heteroatoms. The molecule has 1 aromatic carbocycles. The number of likely N-dealkylation sites (tertiary alicyclic amines) is 2. The summed E-state index contributed by atoms with van der Waals surface area (Å²) in [6, 6.07) is 9.96. The van der Waals surface area contributed by atoms with E-state index in [1.165, 1.54) is 25.9 Å². The molecule has 2 fully saturated rings. The molecule has 114 valence electrons. The van der Waals surface area contributed by atoms with Crippen LogP contribution in [0.5, 0.6) is 5.75 Å². The Morgan fingerprint density at radius 1 is 1.18 bits per heavy atom. The maximum Gasteiger partial charge on any atom is 0.415 e. The SMILES string of the molecule is O=C(Oc1ccc2cccnc2c1)N1CC(N2CCCC2)C1. The Balaban J connectivity index is 1.37. The molecule has 0 N–H and O–H groups in total. The number of fused-ring (bicyclic) bond motifs is 1. The summed E-state index contributed by atoms with van der Waals surface area (Å²) in [6.45, 7) is 3.91. The average Bonchev–Trinajstić information content (AvgIpc) is 2.99. The summed E-state index contributed by atoms with van der Waals surface area (Å²) in [4.78, 5) is 20.7. The van der Waals surface area contributed by atoms with E-state index in [0.717, 1.165) is 24.0 Å². The molecule has 0 bridgehead atoms. The second-order valence-corrected chi connectivity index (χ2v) is 6.03. The van der Waals surface area contributed by atoms with Gasteiger partial charge in [-0.3, -0.25) is 9.88 Å². The van der Waals surface area contributed by atoms with Crippen LogP contribution >= 0.6 is 0 Å². The lowest BCUT2D eigenvalue weighted by Gasteiger charge is -2.43. The van der Waals surface area contributed by atoms with Gasteiger partial charge in [-0.2, -0.15) is 0 Å². The van der Waals surface area contributed by atoms with Gasteiger partial charge < -0.3 is 9.64 Å². The van der Waals surface area contributed by atoms with Crippen LogP contribution in [0.3, 0.4) is 0 Å². The lowest BCUT2D eigenvalue weighted by atomic mass is 10.1. The lowest BCUT2D eigenvalue weighted by molar-refractivity contribution is 0.0519. The van der Waals surface area contributed by atoms with Crippen LogP contribution in [0, 0.1) is 0 Å². The summed E-state index contributed by atoms with van der Waals surface area (Å²) in [5, 5.41) is 1.04. The minimum absolute atomic E-state index is 0.259. The van der Waals surface area contributed by atoms with E-state index in [1.54, 1.807) is 11.1 Å². The van der Waals surface area contributed by atoms with Crippen molar-refractivity contribution in [3.05, 3.63) is 36.5 Å². The third kappa shape index (κ3) is 2.52. The highest BCUT2D eigenvalue weighted by Gasteiger charge is 2.36. The molecule has 2 aliphatic rings. The quantitative estimate of drug-likeness (QED) is 0.854. The molecule has 0 spiro atoms. The van der Waals surface area contributed by atoms with Crippen LogP contribution in [0.15, 0.2) is 36.5 Å². The molecule has 3 heterocycles. The summed E-state index contributed by atoms with van der Waals surface area (Å²) in [5.41, 5.74) is 0.839. The average molecular weight is 297 g/mol. The standard InChI is InChI=1S/C17H19N3O2/c21-17(20-11-14(12-20)19-8-1-2-9-19)22-15-6-5-13-4-3-7-18-16(13)10-15/h3-7,10,14H,1-2,8-9,11-12H2. The number of carbonyl (C=O) groups is 1. The summed E-state index contributed by atoms with van der Waals surface area (Å²) >= 11 is 0. The van der Waals surface area contributed by atoms with Crippen molar-refractivity contribution in [2.45, 2.75) is 18.9 Å². The highest BCUT2D eigenvalue weighted by Crippen LogP contribution is 2.23. The minimum Gasteiger partial charge on any atom is -0.410 e. The van der Waals surface area contributed by atoms with Crippen molar-refractivity contribution >= 4 is 17.0 Å². The molecule has 0 saturated carbocycles. The topological polar surface area (TPSA) is 45.7 Å². The van der Waals surface area contributed by atoms with Crippen LogP contribution in [-0.4, -0.2) is 53.1 Å². The Kier molecular flexibility index (Phi) is 3.42. The highest BCUT2D eigenvalue weighted by atomic mass is 16.6. The second kappa shape index (κ2) is 5.57. The number of aromatic nitrogens is 1. The summed E-state index contributed by atoms with van der Waals surface area (Å²) in [7, 11) is 0. The number of hydrogen-bond acceptors (Lipinski definition) is 4. The van der Waals surface area contributed by atoms with E-state index in [-0.39, 0.29) is 6.09 Å². The van der Waals surface area contributed by atoms with E-state index in [2.05, 4.69) is 9.88 Å². The second-order valence-electron chi connectivity index (χ2n) is 6.03. The van der Waals surface area contributed by atoms with Crippen LogP contribution in [0.2, 0.25) is 0 Å². The molecule has 2 aromatic rings. The molecule has 2 aliphatic heterocycles. The third-order valence-electron chi connectivity index (χ3n) is 4.56. The van der Waals surface area contributed by atoms with Gasteiger partial charge in [0.05, 0.1) is 5.52 Å². The molecular weight excluding hydrogens is 278 g/mol. The van der Waals surface area contributed by atoms with Gasteiger partial charge in [0, 0.05) is 36.8 Å². The van der Waals surface area contributed by atoms with Crippen molar-refractivity contribution in [3.63, 3.8) is 0 Å². The van der Waals surface area contributed by atoms with Crippen LogP contribution in [-0.2, 0) is 0 Å². The predicted octanol–water partition coefficient (Wildman–Crippen LogP) is 2.51. The fraction of sp³-hybridized carbons (Fsp3) is 0.412. The number of nitrogens with zero attached hydrogens (tertiary/aromatic N) is 3. The molecule has 0 atom stereocenters. The first kappa shape index (κ1) is 13.5. The molecule has 2 saturated heterocycles. The first-order valence-corrected chi connectivity index (χ1v) is 7.85. The van der Waals surface area contributed by atoms with Crippen molar-refractivity contribution in [1.29, 1.82) is 0 Å².